The molecule has 0 atom stereocenters. The second-order valence-corrected chi connectivity index (χ2v) is 5.20. The van der Waals surface area contributed by atoms with Gasteiger partial charge in [-0.2, -0.15) is 0 Å². The van der Waals surface area contributed by atoms with Crippen molar-refractivity contribution in [1.29, 1.82) is 0 Å². The second-order valence-electron chi connectivity index (χ2n) is 5.20. The molecule has 0 spiro atoms. The minimum atomic E-state index is -1.12. The molecule has 0 saturated heterocycles. The average Bonchev–Trinajstić information content (AvgIpc) is 2.20. The molecular formula is C13H24O5. The summed E-state index contributed by atoms with van der Waals surface area (Å²) in [6.07, 6.45) is -1.13. The summed E-state index contributed by atoms with van der Waals surface area (Å²) in [6, 6.07) is 0. The van der Waals surface area contributed by atoms with E-state index in [4.69, 9.17) is 14.6 Å². The van der Waals surface area contributed by atoms with Crippen molar-refractivity contribution in [2.24, 2.45) is 11.8 Å². The van der Waals surface area contributed by atoms with Gasteiger partial charge in [-0.05, 0) is 11.8 Å². The summed E-state index contributed by atoms with van der Waals surface area (Å²) >= 11 is 0. The molecule has 0 unspecified atom stereocenters. The van der Waals surface area contributed by atoms with E-state index in [1.54, 1.807) is 0 Å². The van der Waals surface area contributed by atoms with Crippen molar-refractivity contribution < 1.29 is 24.2 Å². The number of carboxylic acids is 1. The molecule has 18 heavy (non-hydrogen) atoms. The topological polar surface area (TPSA) is 72.8 Å². The summed E-state index contributed by atoms with van der Waals surface area (Å²) in [5.74, 6) is -0.819. The highest BCUT2D eigenvalue weighted by atomic mass is 16.7. The van der Waals surface area contributed by atoms with Crippen LogP contribution in [0.2, 0.25) is 0 Å². The number of carboxylic acid groups (broad SMARTS) is 1. The third-order valence-electron chi connectivity index (χ3n) is 1.97. The van der Waals surface area contributed by atoms with Gasteiger partial charge in [-0.3, -0.25) is 9.59 Å². The third kappa shape index (κ3) is 10.2. The van der Waals surface area contributed by atoms with Crippen LogP contribution in [-0.4, -0.2) is 36.4 Å². The first-order valence-corrected chi connectivity index (χ1v) is 6.28. The van der Waals surface area contributed by atoms with Gasteiger partial charge in [0, 0.05) is 0 Å². The van der Waals surface area contributed by atoms with Crippen LogP contribution in [0.25, 0.3) is 0 Å². The zero-order valence-electron chi connectivity index (χ0n) is 11.6. The van der Waals surface area contributed by atoms with Crippen molar-refractivity contribution in [1.82, 2.24) is 0 Å². The largest absolute Gasteiger partial charge is 0.481 e. The zero-order chi connectivity index (χ0) is 14.1. The Labute approximate surface area is 108 Å². The van der Waals surface area contributed by atoms with Crippen LogP contribution < -0.4 is 0 Å². The highest BCUT2D eigenvalue weighted by molar-refractivity contribution is 5.94. The first-order valence-electron chi connectivity index (χ1n) is 6.28. The Morgan fingerprint density at radius 1 is 1.00 bits per heavy atom. The van der Waals surface area contributed by atoms with E-state index >= 15 is 0 Å². The maximum Gasteiger partial charge on any atom is 0.310 e. The van der Waals surface area contributed by atoms with E-state index < -0.39 is 18.7 Å². The van der Waals surface area contributed by atoms with Gasteiger partial charge in [-0.1, -0.05) is 27.7 Å². The summed E-state index contributed by atoms with van der Waals surface area (Å²) in [4.78, 5) is 21.8. The molecule has 0 saturated carbocycles. The van der Waals surface area contributed by atoms with Crippen LogP contribution >= 0.6 is 0 Å². The Bertz CT molecular complexity index is 248. The zero-order valence-corrected chi connectivity index (χ0v) is 11.6. The Morgan fingerprint density at radius 3 is 1.78 bits per heavy atom. The van der Waals surface area contributed by atoms with Gasteiger partial charge in [0.05, 0.1) is 19.6 Å². The van der Waals surface area contributed by atoms with Gasteiger partial charge in [-0.25, -0.2) is 0 Å². The summed E-state index contributed by atoms with van der Waals surface area (Å²) < 4.78 is 10.9. The molecule has 106 valence electrons. The van der Waals surface area contributed by atoms with Gasteiger partial charge < -0.3 is 14.6 Å². The molecule has 5 nitrogen and oxygen atoms in total. The number of carbonyl (C=O) groups excluding carboxylic acids is 1. The Hall–Kier alpha value is -0.940. The number of ether oxygens (including phenoxy) is 2. The van der Waals surface area contributed by atoms with Crippen molar-refractivity contribution in [3.63, 3.8) is 0 Å². The predicted octanol–water partition coefficient (Wildman–Crippen LogP) is 2.09. The van der Waals surface area contributed by atoms with Crippen LogP contribution in [0.15, 0.2) is 0 Å². The highest BCUT2D eigenvalue weighted by Crippen LogP contribution is 2.08. The lowest BCUT2D eigenvalue weighted by molar-refractivity contribution is -0.164. The Morgan fingerprint density at radius 2 is 1.44 bits per heavy atom. The molecule has 0 aliphatic rings. The molecular weight excluding hydrogens is 236 g/mol. The third-order valence-corrected chi connectivity index (χ3v) is 1.97. The van der Waals surface area contributed by atoms with E-state index in [0.717, 1.165) is 0 Å². The van der Waals surface area contributed by atoms with Crippen molar-refractivity contribution in [2.75, 3.05) is 13.2 Å². The average molecular weight is 260 g/mol. The molecule has 0 aliphatic carbocycles. The molecule has 0 amide bonds. The van der Waals surface area contributed by atoms with E-state index in [-0.39, 0.29) is 12.2 Å². The number of hydrogen-bond acceptors (Lipinski definition) is 4. The first-order chi connectivity index (χ1) is 8.31. The molecule has 0 fully saturated rings. The summed E-state index contributed by atoms with van der Waals surface area (Å²) in [5, 5.41) is 8.53. The fourth-order valence-electron chi connectivity index (χ4n) is 1.19. The lowest BCUT2D eigenvalue weighted by Gasteiger charge is -2.20. The monoisotopic (exact) mass is 260 g/mol. The minimum Gasteiger partial charge on any atom is -0.481 e. The quantitative estimate of drug-likeness (QED) is 0.481. The molecule has 0 aliphatic heterocycles. The normalized spacial score (nSPS) is 11.5. The molecule has 0 aromatic heterocycles. The standard InChI is InChI=1S/C13H24O5/c1-9(2)7-17-13(18-8-10(3)4)6-11(14)5-12(15)16/h9-10,13H,5-8H2,1-4H3,(H,15,16). The van der Waals surface area contributed by atoms with Gasteiger partial charge in [0.2, 0.25) is 0 Å². The maximum absolute atomic E-state index is 11.4. The van der Waals surface area contributed by atoms with Gasteiger partial charge >= 0.3 is 5.97 Å². The van der Waals surface area contributed by atoms with Gasteiger partial charge in [0.15, 0.2) is 6.29 Å². The Kier molecular flexibility index (Phi) is 8.58. The van der Waals surface area contributed by atoms with Crippen LogP contribution in [0.5, 0.6) is 0 Å². The molecule has 5 heteroatoms. The number of ketones is 1. The lowest BCUT2D eigenvalue weighted by Crippen LogP contribution is -2.25. The molecule has 1 N–H and O–H groups in total. The first kappa shape index (κ1) is 17.1. The molecule has 0 bridgehead atoms. The molecule has 0 heterocycles. The Balaban J connectivity index is 4.18. The van der Waals surface area contributed by atoms with E-state index in [9.17, 15) is 9.59 Å². The van der Waals surface area contributed by atoms with E-state index in [1.165, 1.54) is 0 Å². The van der Waals surface area contributed by atoms with E-state index in [0.29, 0.717) is 25.0 Å². The minimum absolute atomic E-state index is 0.00819. The molecule has 0 aromatic carbocycles. The lowest BCUT2D eigenvalue weighted by atomic mass is 10.2. The van der Waals surface area contributed by atoms with E-state index in [2.05, 4.69) is 0 Å². The fraction of sp³-hybridized carbons (Fsp3) is 0.846. The van der Waals surface area contributed by atoms with Crippen LogP contribution in [0.1, 0.15) is 40.5 Å². The second kappa shape index (κ2) is 9.05. The van der Waals surface area contributed by atoms with Crippen molar-refractivity contribution >= 4 is 11.8 Å². The highest BCUT2D eigenvalue weighted by Gasteiger charge is 2.18. The number of carbonyl (C=O) groups is 2. The molecule has 0 aromatic rings. The summed E-state index contributed by atoms with van der Waals surface area (Å²) in [5.41, 5.74) is 0. The van der Waals surface area contributed by atoms with Crippen LogP contribution in [0, 0.1) is 11.8 Å². The smallest absolute Gasteiger partial charge is 0.310 e. The van der Waals surface area contributed by atoms with Crippen LogP contribution in [0.4, 0.5) is 0 Å². The summed E-state index contributed by atoms with van der Waals surface area (Å²) in [7, 11) is 0. The van der Waals surface area contributed by atoms with Gasteiger partial charge in [0.25, 0.3) is 0 Å². The molecule has 0 rings (SSSR count). The maximum atomic E-state index is 11.4. The van der Waals surface area contributed by atoms with Crippen molar-refractivity contribution in [3.05, 3.63) is 0 Å². The fourth-order valence-corrected chi connectivity index (χ4v) is 1.19. The van der Waals surface area contributed by atoms with Crippen molar-refractivity contribution in [3.8, 4) is 0 Å². The number of Topliss-reactive ketones (excluding diaryl/α,β-unsaturated/α-hetero) is 1. The van der Waals surface area contributed by atoms with Gasteiger partial charge in [0.1, 0.15) is 12.2 Å². The summed E-state index contributed by atoms with van der Waals surface area (Å²) in [6.45, 7) is 8.97. The van der Waals surface area contributed by atoms with E-state index in [1.807, 2.05) is 27.7 Å². The SMILES string of the molecule is CC(C)COC(CC(=O)CC(=O)O)OCC(C)C. The van der Waals surface area contributed by atoms with Crippen molar-refractivity contribution in [2.45, 2.75) is 46.8 Å². The predicted molar refractivity (Wildman–Crippen MR) is 67.2 cm³/mol. The number of rotatable bonds is 10. The number of aliphatic carboxylic acids is 1. The molecule has 0 radical (unpaired) electrons. The number of hydrogen-bond donors (Lipinski definition) is 1. The van der Waals surface area contributed by atoms with Gasteiger partial charge in [-0.15, -0.1) is 0 Å². The van der Waals surface area contributed by atoms with Crippen LogP contribution in [0.3, 0.4) is 0 Å². The van der Waals surface area contributed by atoms with Crippen LogP contribution in [-0.2, 0) is 19.1 Å².